The van der Waals surface area contributed by atoms with E-state index in [0.29, 0.717) is 5.69 Å². The normalized spacial score (nSPS) is 10.8. The van der Waals surface area contributed by atoms with Crippen LogP contribution >= 0.6 is 27.3 Å². The summed E-state index contributed by atoms with van der Waals surface area (Å²) in [5.74, 6) is 1.49. The number of nitrogens with zero attached hydrogens (tertiary/aromatic N) is 3. The van der Waals surface area contributed by atoms with Gasteiger partial charge in [-0.1, -0.05) is 12.1 Å². The lowest BCUT2D eigenvalue weighted by Crippen LogP contribution is -1.98. The molecule has 2 aromatic heterocycles. The fourth-order valence-electron chi connectivity index (χ4n) is 1.86. The highest BCUT2D eigenvalue weighted by Crippen LogP contribution is 2.32. The largest absolute Gasteiger partial charge is 0.397 e. The Bertz CT molecular complexity index is 718. The average Bonchev–Trinajstić information content (AvgIpc) is 3.02. The van der Waals surface area contributed by atoms with Crippen LogP contribution in [0.3, 0.4) is 0 Å². The van der Waals surface area contributed by atoms with Gasteiger partial charge >= 0.3 is 0 Å². The second-order valence-corrected chi connectivity index (χ2v) is 5.86. The van der Waals surface area contributed by atoms with E-state index in [1.165, 1.54) is 0 Å². The van der Waals surface area contributed by atoms with Crippen LogP contribution in [0.15, 0.2) is 40.2 Å². The van der Waals surface area contributed by atoms with Crippen molar-refractivity contribution in [2.24, 2.45) is 7.05 Å². The van der Waals surface area contributed by atoms with Crippen LogP contribution in [0, 0.1) is 0 Å². The number of aromatic nitrogens is 3. The van der Waals surface area contributed by atoms with Crippen molar-refractivity contribution in [3.8, 4) is 22.1 Å². The minimum absolute atomic E-state index is 0.677. The highest BCUT2D eigenvalue weighted by Gasteiger charge is 2.14. The molecule has 0 aliphatic heterocycles. The van der Waals surface area contributed by atoms with Crippen molar-refractivity contribution in [3.63, 3.8) is 0 Å². The molecule has 3 rings (SSSR count). The third-order valence-electron chi connectivity index (χ3n) is 2.80. The van der Waals surface area contributed by atoms with Gasteiger partial charge < -0.3 is 5.73 Å². The van der Waals surface area contributed by atoms with Gasteiger partial charge in [0.15, 0.2) is 11.6 Å². The number of benzene rings is 1. The lowest BCUT2D eigenvalue weighted by atomic mass is 10.2. The number of nitrogen functional groups attached to an aromatic ring is 1. The number of anilines is 1. The zero-order chi connectivity index (χ0) is 13.4. The Kier molecular flexibility index (Phi) is 3.12. The molecule has 3 aromatic rings. The molecule has 0 spiro atoms. The first-order valence-corrected chi connectivity index (χ1v) is 7.33. The summed E-state index contributed by atoms with van der Waals surface area (Å²) in [4.78, 5) is 5.64. The van der Waals surface area contributed by atoms with Gasteiger partial charge in [-0.05, 0) is 39.5 Å². The summed E-state index contributed by atoms with van der Waals surface area (Å²) in [6, 6.07) is 9.80. The fourth-order valence-corrected chi connectivity index (χ4v) is 2.88. The Labute approximate surface area is 123 Å². The summed E-state index contributed by atoms with van der Waals surface area (Å²) < 4.78 is 2.62. The molecule has 0 fully saturated rings. The smallest absolute Gasteiger partial charge is 0.191 e. The number of nitrogens with two attached hydrogens (primary N) is 1. The molecule has 2 heterocycles. The first kappa shape index (κ1) is 12.4. The average molecular weight is 335 g/mol. The molecule has 0 aliphatic carbocycles. The first-order chi connectivity index (χ1) is 9.16. The van der Waals surface area contributed by atoms with Crippen LogP contribution in [0.5, 0.6) is 0 Å². The van der Waals surface area contributed by atoms with Crippen molar-refractivity contribution in [2.45, 2.75) is 0 Å². The maximum atomic E-state index is 6.09. The quantitative estimate of drug-likeness (QED) is 0.729. The van der Waals surface area contributed by atoms with Gasteiger partial charge in [-0.2, -0.15) is 0 Å². The summed E-state index contributed by atoms with van der Waals surface area (Å²) in [7, 11) is 1.87. The predicted octanol–water partition coefficient (Wildman–Crippen LogP) is 3.56. The topological polar surface area (TPSA) is 56.7 Å². The van der Waals surface area contributed by atoms with E-state index in [1.54, 1.807) is 16.0 Å². The molecule has 0 aliphatic rings. The fraction of sp³-hybridized carbons (Fsp3) is 0.0769. The second kappa shape index (κ2) is 4.79. The second-order valence-electron chi connectivity index (χ2n) is 4.06. The number of halogens is 1. The maximum Gasteiger partial charge on any atom is 0.191 e. The van der Waals surface area contributed by atoms with E-state index in [9.17, 15) is 0 Å². The summed E-state index contributed by atoms with van der Waals surface area (Å²) in [6.45, 7) is 0. The van der Waals surface area contributed by atoms with Crippen molar-refractivity contribution in [2.75, 3.05) is 5.73 Å². The molecule has 0 bridgehead atoms. The Morgan fingerprint density at radius 3 is 2.84 bits per heavy atom. The van der Waals surface area contributed by atoms with Gasteiger partial charge in [-0.25, -0.2) is 9.67 Å². The Balaban J connectivity index is 2.14. The molecule has 0 unspecified atom stereocenters. The molecule has 0 atom stereocenters. The van der Waals surface area contributed by atoms with E-state index in [1.807, 2.05) is 42.8 Å². The molecule has 96 valence electrons. The number of rotatable bonds is 2. The highest BCUT2D eigenvalue weighted by molar-refractivity contribution is 9.10. The highest BCUT2D eigenvalue weighted by atomic mass is 79.9. The van der Waals surface area contributed by atoms with Gasteiger partial charge in [0, 0.05) is 17.1 Å². The van der Waals surface area contributed by atoms with Gasteiger partial charge in [0.25, 0.3) is 0 Å². The van der Waals surface area contributed by atoms with Crippen LogP contribution in [-0.2, 0) is 7.05 Å². The van der Waals surface area contributed by atoms with Crippen LogP contribution in [0.2, 0.25) is 0 Å². The van der Waals surface area contributed by atoms with Crippen LogP contribution in [0.4, 0.5) is 5.69 Å². The van der Waals surface area contributed by atoms with Crippen LogP contribution < -0.4 is 5.73 Å². The molecular formula is C13H11BrN4S. The van der Waals surface area contributed by atoms with Gasteiger partial charge in [0.1, 0.15) is 0 Å². The van der Waals surface area contributed by atoms with Crippen LogP contribution in [-0.4, -0.2) is 14.8 Å². The molecule has 6 heteroatoms. The summed E-state index contributed by atoms with van der Waals surface area (Å²) in [6.07, 6.45) is 0. The molecule has 19 heavy (non-hydrogen) atoms. The van der Waals surface area contributed by atoms with Gasteiger partial charge in [-0.15, -0.1) is 16.4 Å². The Hall–Kier alpha value is -1.66. The third kappa shape index (κ3) is 2.17. The van der Waals surface area contributed by atoms with Crippen molar-refractivity contribution < 1.29 is 0 Å². The van der Waals surface area contributed by atoms with Crippen LogP contribution in [0.1, 0.15) is 0 Å². The number of para-hydroxylation sites is 1. The molecule has 0 amide bonds. The Morgan fingerprint density at radius 2 is 2.11 bits per heavy atom. The van der Waals surface area contributed by atoms with E-state index in [0.717, 1.165) is 26.6 Å². The van der Waals surface area contributed by atoms with Gasteiger partial charge in [-0.3, -0.25) is 0 Å². The predicted molar refractivity (Wildman–Crippen MR) is 81.9 cm³/mol. The standard InChI is InChI=1S/C13H11BrN4S/c1-18-13(8-4-2-5-9(14)11(8)15)16-12(17-18)10-6-3-7-19-10/h2-7H,15H2,1H3. The van der Waals surface area contributed by atoms with Gasteiger partial charge in [0.2, 0.25) is 0 Å². The van der Waals surface area contributed by atoms with E-state index in [-0.39, 0.29) is 0 Å². The van der Waals surface area contributed by atoms with Crippen molar-refractivity contribution >= 4 is 33.0 Å². The minimum Gasteiger partial charge on any atom is -0.397 e. The van der Waals surface area contributed by atoms with E-state index in [2.05, 4.69) is 26.0 Å². The number of aryl methyl sites for hydroxylation is 1. The maximum absolute atomic E-state index is 6.09. The Morgan fingerprint density at radius 1 is 1.26 bits per heavy atom. The van der Waals surface area contributed by atoms with Crippen molar-refractivity contribution in [3.05, 3.63) is 40.2 Å². The first-order valence-electron chi connectivity index (χ1n) is 5.66. The van der Waals surface area contributed by atoms with E-state index >= 15 is 0 Å². The lowest BCUT2D eigenvalue weighted by Gasteiger charge is -2.05. The van der Waals surface area contributed by atoms with E-state index in [4.69, 9.17) is 5.73 Å². The molecule has 0 saturated heterocycles. The van der Waals surface area contributed by atoms with Crippen molar-refractivity contribution in [1.82, 2.24) is 14.8 Å². The molecule has 2 N–H and O–H groups in total. The molecule has 4 nitrogen and oxygen atoms in total. The number of hydrogen-bond donors (Lipinski definition) is 1. The summed E-state index contributed by atoms with van der Waals surface area (Å²) in [5.41, 5.74) is 7.64. The molecular weight excluding hydrogens is 324 g/mol. The SMILES string of the molecule is Cn1nc(-c2cccs2)nc1-c1cccc(Br)c1N. The summed E-state index contributed by atoms with van der Waals surface area (Å²) in [5, 5.41) is 6.46. The lowest BCUT2D eigenvalue weighted by molar-refractivity contribution is 0.778. The molecule has 1 aromatic carbocycles. The van der Waals surface area contributed by atoms with Crippen LogP contribution in [0.25, 0.3) is 22.1 Å². The molecule has 0 saturated carbocycles. The zero-order valence-corrected chi connectivity index (χ0v) is 12.6. The van der Waals surface area contributed by atoms with E-state index < -0.39 is 0 Å². The summed E-state index contributed by atoms with van der Waals surface area (Å²) >= 11 is 5.05. The molecule has 0 radical (unpaired) electrons. The zero-order valence-electron chi connectivity index (χ0n) is 10.2. The number of hydrogen-bond acceptors (Lipinski definition) is 4. The minimum atomic E-state index is 0.677. The van der Waals surface area contributed by atoms with Crippen molar-refractivity contribution in [1.29, 1.82) is 0 Å². The number of thiophene rings is 1. The monoisotopic (exact) mass is 334 g/mol. The third-order valence-corrected chi connectivity index (χ3v) is 4.36. The van der Waals surface area contributed by atoms with Gasteiger partial charge in [0.05, 0.1) is 10.6 Å².